The van der Waals surface area contributed by atoms with Crippen molar-refractivity contribution in [3.05, 3.63) is 0 Å². The largest absolute Gasteiger partial charge is 0.382 e. The van der Waals surface area contributed by atoms with Crippen LogP contribution in [0.2, 0.25) is 0 Å². The molecule has 1 N–H and O–H groups in total. The van der Waals surface area contributed by atoms with Crippen molar-refractivity contribution in [2.24, 2.45) is 17.8 Å². The highest BCUT2D eigenvalue weighted by Gasteiger charge is 2.41. The minimum absolute atomic E-state index is 0.0665. The van der Waals surface area contributed by atoms with Crippen LogP contribution in [-0.4, -0.2) is 57.5 Å². The van der Waals surface area contributed by atoms with Crippen molar-refractivity contribution in [2.45, 2.75) is 58.0 Å². The standard InChI is InChI=1S/C13H23B2O5PS/c1-6-7(2)12(14)19-10(6)5-17-21(16,22)20-11-8(3)13(15)18-9(11)4/h6-13H,5H2,1-4H3,(H,16,22)/t6?,7-,8-,9+,10+,11?,12+,13+,21?/m0/s1. The predicted octanol–water partition coefficient (Wildman–Crippen LogP) is 1.32. The average Bonchev–Trinajstić information content (AvgIpc) is 2.81. The van der Waals surface area contributed by atoms with Gasteiger partial charge in [0, 0.05) is 17.9 Å². The molecule has 2 aliphatic heterocycles. The van der Waals surface area contributed by atoms with Crippen molar-refractivity contribution >= 4 is 34.2 Å². The van der Waals surface area contributed by atoms with Gasteiger partial charge in [-0.25, -0.2) is 0 Å². The molecule has 0 bridgehead atoms. The molecule has 2 fully saturated rings. The van der Waals surface area contributed by atoms with Gasteiger partial charge in [0.1, 0.15) is 15.7 Å². The quantitative estimate of drug-likeness (QED) is 0.600. The second-order valence-corrected chi connectivity index (χ2v) is 9.15. The second-order valence-electron chi connectivity index (χ2n) is 6.36. The minimum Gasteiger partial charge on any atom is -0.382 e. The maximum atomic E-state index is 10.3. The van der Waals surface area contributed by atoms with Crippen molar-refractivity contribution in [3.8, 4) is 0 Å². The molecular formula is C13H23B2O5PS. The molecule has 0 spiro atoms. The highest BCUT2D eigenvalue weighted by Crippen LogP contribution is 2.49. The van der Waals surface area contributed by atoms with Gasteiger partial charge in [0.05, 0.1) is 24.9 Å². The number of hydrogen-bond donors (Lipinski definition) is 1. The molecule has 0 aromatic heterocycles. The third-order valence-corrected chi connectivity index (χ3v) is 6.35. The Morgan fingerprint density at radius 3 is 2.09 bits per heavy atom. The van der Waals surface area contributed by atoms with Crippen molar-refractivity contribution < 1.29 is 23.4 Å². The Balaban J connectivity index is 1.88. The monoisotopic (exact) mass is 344 g/mol. The van der Waals surface area contributed by atoms with E-state index in [9.17, 15) is 4.89 Å². The van der Waals surface area contributed by atoms with Crippen molar-refractivity contribution in [2.75, 3.05) is 6.61 Å². The Hall–Kier alpha value is 0.580. The van der Waals surface area contributed by atoms with Crippen LogP contribution >= 0.6 is 6.72 Å². The fourth-order valence-corrected chi connectivity index (χ4v) is 4.42. The van der Waals surface area contributed by atoms with Crippen LogP contribution in [-0.2, 0) is 30.3 Å². The van der Waals surface area contributed by atoms with E-state index in [2.05, 4.69) is 0 Å². The summed E-state index contributed by atoms with van der Waals surface area (Å²) in [4.78, 5) is 10.3. The minimum atomic E-state index is -3.38. The van der Waals surface area contributed by atoms with E-state index in [-0.39, 0.29) is 48.7 Å². The molecule has 9 atom stereocenters. The van der Waals surface area contributed by atoms with Gasteiger partial charge in [0.15, 0.2) is 0 Å². The molecule has 3 unspecified atom stereocenters. The summed E-state index contributed by atoms with van der Waals surface area (Å²) >= 11 is 5.10. The van der Waals surface area contributed by atoms with Crippen LogP contribution in [0.25, 0.3) is 0 Å². The highest BCUT2D eigenvalue weighted by molar-refractivity contribution is 8.07. The van der Waals surface area contributed by atoms with Crippen LogP contribution in [0, 0.1) is 17.8 Å². The Kier molecular flexibility index (Phi) is 6.21. The van der Waals surface area contributed by atoms with E-state index in [1.54, 1.807) is 0 Å². The Labute approximate surface area is 140 Å². The van der Waals surface area contributed by atoms with Crippen LogP contribution in [0.1, 0.15) is 27.7 Å². The molecule has 5 nitrogen and oxygen atoms in total. The summed E-state index contributed by atoms with van der Waals surface area (Å²) in [5.74, 6) is 0.390. The molecule has 0 amide bonds. The van der Waals surface area contributed by atoms with Gasteiger partial charge < -0.3 is 23.4 Å². The van der Waals surface area contributed by atoms with Gasteiger partial charge in [-0.1, -0.05) is 20.8 Å². The molecule has 9 heteroatoms. The summed E-state index contributed by atoms with van der Waals surface area (Å²) in [7, 11) is 11.7. The number of rotatable bonds is 5. The molecule has 4 radical (unpaired) electrons. The average molecular weight is 344 g/mol. The predicted molar refractivity (Wildman–Crippen MR) is 89.3 cm³/mol. The summed E-state index contributed by atoms with van der Waals surface area (Å²) in [5, 5.41) is 0. The lowest BCUT2D eigenvalue weighted by atomic mass is 9.82. The van der Waals surface area contributed by atoms with Gasteiger partial charge in [-0.2, -0.15) is 0 Å². The van der Waals surface area contributed by atoms with Crippen LogP contribution < -0.4 is 0 Å². The Morgan fingerprint density at radius 2 is 1.64 bits per heavy atom. The normalized spacial score (nSPS) is 48.4. The fraction of sp³-hybridized carbons (Fsp3) is 1.00. The lowest BCUT2D eigenvalue weighted by molar-refractivity contribution is 0.0154. The first-order valence-electron chi connectivity index (χ1n) is 7.60. The van der Waals surface area contributed by atoms with Gasteiger partial charge in [-0.05, 0) is 30.6 Å². The van der Waals surface area contributed by atoms with Crippen molar-refractivity contribution in [1.29, 1.82) is 0 Å². The molecule has 0 aromatic rings. The van der Waals surface area contributed by atoms with Crippen LogP contribution in [0.5, 0.6) is 0 Å². The molecule has 0 saturated carbocycles. The number of hydrogen-bond acceptors (Lipinski definition) is 5. The topological polar surface area (TPSA) is 57.2 Å². The van der Waals surface area contributed by atoms with Gasteiger partial charge >= 0.3 is 6.72 Å². The zero-order valence-electron chi connectivity index (χ0n) is 13.4. The molecule has 2 saturated heterocycles. The molecule has 2 aliphatic rings. The van der Waals surface area contributed by atoms with Crippen LogP contribution in [0.4, 0.5) is 0 Å². The lowest BCUT2D eigenvalue weighted by Crippen LogP contribution is -2.28. The summed E-state index contributed by atoms with van der Waals surface area (Å²) in [6.45, 7) is 4.59. The van der Waals surface area contributed by atoms with E-state index in [1.165, 1.54) is 0 Å². The highest BCUT2D eigenvalue weighted by atomic mass is 32.5. The van der Waals surface area contributed by atoms with Gasteiger partial charge in [-0.15, -0.1) is 0 Å². The van der Waals surface area contributed by atoms with Crippen molar-refractivity contribution in [3.63, 3.8) is 0 Å². The summed E-state index contributed by atoms with van der Waals surface area (Å²) in [6.07, 6.45) is -0.813. The molecule has 2 heterocycles. The van der Waals surface area contributed by atoms with E-state index >= 15 is 0 Å². The molecule has 2 rings (SSSR count). The maximum absolute atomic E-state index is 10.3. The van der Waals surface area contributed by atoms with Crippen molar-refractivity contribution in [1.82, 2.24) is 0 Å². The fourth-order valence-electron chi connectivity index (χ4n) is 2.88. The summed E-state index contributed by atoms with van der Waals surface area (Å²) in [5.41, 5.74) is 0. The van der Waals surface area contributed by atoms with E-state index in [0.717, 1.165) is 0 Å². The van der Waals surface area contributed by atoms with Crippen LogP contribution in [0.3, 0.4) is 0 Å². The first-order valence-corrected chi connectivity index (χ1v) is 10.2. The van der Waals surface area contributed by atoms with E-state index in [4.69, 9.17) is 46.0 Å². The SMILES string of the molecule is [B][C@@H]1O[C@H](C)C(OP(O)(=S)OC[C@H]2O[C@@H]([B])[C@@H](C)C2C)[C@@H]1C. The van der Waals surface area contributed by atoms with Crippen LogP contribution in [0.15, 0.2) is 0 Å². The van der Waals surface area contributed by atoms with E-state index < -0.39 is 12.7 Å². The van der Waals surface area contributed by atoms with E-state index in [1.807, 2.05) is 27.7 Å². The van der Waals surface area contributed by atoms with E-state index in [0.29, 0.717) is 0 Å². The molecule has 122 valence electrons. The maximum Gasteiger partial charge on any atom is 0.324 e. The zero-order chi connectivity index (χ0) is 16.7. The third kappa shape index (κ3) is 4.15. The molecule has 0 aliphatic carbocycles. The summed E-state index contributed by atoms with van der Waals surface area (Å²) in [6, 6.07) is -0.741. The van der Waals surface area contributed by atoms with Gasteiger partial charge in [0.25, 0.3) is 0 Å². The number of ether oxygens (including phenoxy) is 2. The van der Waals surface area contributed by atoms with Gasteiger partial charge in [0.2, 0.25) is 0 Å². The molecule has 0 aromatic carbocycles. The first kappa shape index (κ1) is 18.9. The molecular weight excluding hydrogens is 321 g/mol. The third-order valence-electron chi connectivity index (χ3n) is 4.79. The smallest absolute Gasteiger partial charge is 0.324 e. The zero-order valence-corrected chi connectivity index (χ0v) is 15.1. The van der Waals surface area contributed by atoms with Gasteiger partial charge in [-0.3, -0.25) is 0 Å². The Morgan fingerprint density at radius 1 is 1.05 bits per heavy atom. The second kappa shape index (κ2) is 7.22. The Bertz CT molecular complexity index is 443. The molecule has 22 heavy (non-hydrogen) atoms. The summed E-state index contributed by atoms with van der Waals surface area (Å²) < 4.78 is 22.2. The lowest BCUT2D eigenvalue weighted by Gasteiger charge is -2.26. The first-order chi connectivity index (χ1) is 10.1.